The summed E-state index contributed by atoms with van der Waals surface area (Å²) in [7, 11) is 1.54. The van der Waals surface area contributed by atoms with Crippen molar-refractivity contribution in [2.45, 2.75) is 6.42 Å². The number of hydrazone groups is 1. The lowest BCUT2D eigenvalue weighted by Crippen LogP contribution is -2.24. The van der Waals surface area contributed by atoms with Crippen molar-refractivity contribution in [2.24, 2.45) is 5.10 Å². The van der Waals surface area contributed by atoms with Crippen molar-refractivity contribution in [3.63, 3.8) is 0 Å². The maximum atomic E-state index is 11.8. The number of nitrogens with zero attached hydrogens (tertiary/aromatic N) is 1. The number of methoxy groups -OCH3 is 1. The Hall–Kier alpha value is -3.41. The molecule has 0 unspecified atom stereocenters. The molecule has 6 heteroatoms. The summed E-state index contributed by atoms with van der Waals surface area (Å²) in [5.41, 5.74) is 3.89. The van der Waals surface area contributed by atoms with E-state index in [9.17, 15) is 9.59 Å². The number of allylic oxidation sites excluding steroid dienone is 1. The minimum Gasteiger partial charge on any atom is -0.497 e. The molecule has 128 valence electrons. The average Bonchev–Trinajstić information content (AvgIpc) is 2.62. The van der Waals surface area contributed by atoms with Crippen molar-refractivity contribution in [1.82, 2.24) is 5.43 Å². The zero-order chi connectivity index (χ0) is 17.9. The molecule has 2 rings (SSSR count). The molecular weight excluding hydrogens is 318 g/mol. The smallest absolute Gasteiger partial charge is 0.249 e. The fourth-order valence-electron chi connectivity index (χ4n) is 1.96. The number of carbonyl (C=O) groups excluding carboxylic acids is 2. The molecular formula is C19H19N3O3. The van der Waals surface area contributed by atoms with Crippen molar-refractivity contribution in [2.75, 3.05) is 12.4 Å². The number of ether oxygens (including phenoxy) is 1. The van der Waals surface area contributed by atoms with Gasteiger partial charge in [-0.05, 0) is 23.8 Å². The van der Waals surface area contributed by atoms with Crippen LogP contribution in [0, 0.1) is 0 Å². The van der Waals surface area contributed by atoms with E-state index in [0.29, 0.717) is 11.4 Å². The second-order valence-electron chi connectivity index (χ2n) is 5.04. The van der Waals surface area contributed by atoms with Crippen LogP contribution in [0.15, 0.2) is 65.8 Å². The second kappa shape index (κ2) is 9.67. The molecule has 2 aromatic carbocycles. The number of benzene rings is 2. The lowest BCUT2D eigenvalue weighted by Gasteiger charge is -2.06. The summed E-state index contributed by atoms with van der Waals surface area (Å²) in [4.78, 5) is 23.5. The van der Waals surface area contributed by atoms with E-state index in [4.69, 9.17) is 4.74 Å². The van der Waals surface area contributed by atoms with Gasteiger partial charge in [-0.15, -0.1) is 0 Å². The summed E-state index contributed by atoms with van der Waals surface area (Å²) < 4.78 is 5.07. The highest BCUT2D eigenvalue weighted by Crippen LogP contribution is 2.16. The van der Waals surface area contributed by atoms with Crippen LogP contribution in [0.3, 0.4) is 0 Å². The fourth-order valence-corrected chi connectivity index (χ4v) is 1.96. The summed E-state index contributed by atoms with van der Waals surface area (Å²) in [6, 6.07) is 16.6. The van der Waals surface area contributed by atoms with Crippen molar-refractivity contribution in [1.29, 1.82) is 0 Å². The molecule has 0 aliphatic carbocycles. The number of hydrogen-bond donors (Lipinski definition) is 2. The summed E-state index contributed by atoms with van der Waals surface area (Å²) in [5, 5.41) is 6.39. The Balaban J connectivity index is 1.74. The van der Waals surface area contributed by atoms with Crippen LogP contribution in [0.5, 0.6) is 5.75 Å². The highest BCUT2D eigenvalue weighted by molar-refractivity contribution is 6.03. The SMILES string of the molecule is COc1cccc(NC(=O)CC(=O)NN=CC=Cc2ccccc2)c1. The van der Waals surface area contributed by atoms with Gasteiger partial charge in [0.1, 0.15) is 12.2 Å². The van der Waals surface area contributed by atoms with E-state index in [1.807, 2.05) is 36.4 Å². The van der Waals surface area contributed by atoms with Gasteiger partial charge >= 0.3 is 0 Å². The molecule has 0 radical (unpaired) electrons. The van der Waals surface area contributed by atoms with Crippen LogP contribution in [0.2, 0.25) is 0 Å². The van der Waals surface area contributed by atoms with Gasteiger partial charge < -0.3 is 10.1 Å². The van der Waals surface area contributed by atoms with Crippen LogP contribution in [0.25, 0.3) is 6.08 Å². The average molecular weight is 337 g/mol. The molecule has 2 amide bonds. The van der Waals surface area contributed by atoms with Crippen LogP contribution in [-0.4, -0.2) is 25.1 Å². The number of carbonyl (C=O) groups is 2. The van der Waals surface area contributed by atoms with E-state index in [0.717, 1.165) is 5.56 Å². The van der Waals surface area contributed by atoms with Crippen LogP contribution in [0.4, 0.5) is 5.69 Å². The van der Waals surface area contributed by atoms with Gasteiger partial charge in [0.2, 0.25) is 11.8 Å². The number of anilines is 1. The Morgan fingerprint density at radius 2 is 1.88 bits per heavy atom. The molecule has 0 aromatic heterocycles. The van der Waals surface area contributed by atoms with Gasteiger partial charge in [0.15, 0.2) is 0 Å². The Kier molecular flexibility index (Phi) is 6.94. The van der Waals surface area contributed by atoms with Crippen molar-refractivity contribution >= 4 is 29.8 Å². The topological polar surface area (TPSA) is 79.8 Å². The summed E-state index contributed by atoms with van der Waals surface area (Å²) in [6.45, 7) is 0. The molecule has 0 atom stereocenters. The van der Waals surface area contributed by atoms with Gasteiger partial charge in [-0.1, -0.05) is 42.5 Å². The van der Waals surface area contributed by atoms with E-state index in [2.05, 4.69) is 15.8 Å². The van der Waals surface area contributed by atoms with Crippen LogP contribution < -0.4 is 15.5 Å². The second-order valence-corrected chi connectivity index (χ2v) is 5.04. The first-order valence-electron chi connectivity index (χ1n) is 7.65. The first-order chi connectivity index (χ1) is 12.2. The van der Waals surface area contributed by atoms with Crippen LogP contribution in [-0.2, 0) is 9.59 Å². The zero-order valence-corrected chi connectivity index (χ0v) is 13.8. The third-order valence-corrected chi connectivity index (χ3v) is 3.11. The Morgan fingerprint density at radius 1 is 1.08 bits per heavy atom. The molecule has 0 aliphatic heterocycles. The fraction of sp³-hybridized carbons (Fsp3) is 0.105. The normalized spacial score (nSPS) is 10.8. The summed E-state index contributed by atoms with van der Waals surface area (Å²) >= 11 is 0. The van der Waals surface area contributed by atoms with Gasteiger partial charge in [-0.2, -0.15) is 5.10 Å². The lowest BCUT2D eigenvalue weighted by atomic mass is 10.2. The molecule has 0 aliphatic rings. The van der Waals surface area contributed by atoms with Gasteiger partial charge in [0.25, 0.3) is 0 Å². The largest absolute Gasteiger partial charge is 0.497 e. The van der Waals surface area contributed by atoms with Crippen molar-refractivity contribution < 1.29 is 14.3 Å². The molecule has 0 saturated heterocycles. The molecule has 0 bridgehead atoms. The highest BCUT2D eigenvalue weighted by atomic mass is 16.5. The zero-order valence-electron chi connectivity index (χ0n) is 13.8. The van der Waals surface area contributed by atoms with Crippen LogP contribution in [0.1, 0.15) is 12.0 Å². The van der Waals surface area contributed by atoms with E-state index in [1.165, 1.54) is 6.21 Å². The Morgan fingerprint density at radius 3 is 2.64 bits per heavy atom. The molecule has 25 heavy (non-hydrogen) atoms. The number of rotatable bonds is 7. The van der Waals surface area contributed by atoms with Crippen molar-refractivity contribution in [3.8, 4) is 5.75 Å². The quantitative estimate of drug-likeness (QED) is 0.463. The monoisotopic (exact) mass is 337 g/mol. The van der Waals surface area contributed by atoms with Gasteiger partial charge in [-0.25, -0.2) is 5.43 Å². The van der Waals surface area contributed by atoms with Crippen molar-refractivity contribution in [3.05, 3.63) is 66.2 Å². The maximum absolute atomic E-state index is 11.8. The first kappa shape index (κ1) is 17.9. The lowest BCUT2D eigenvalue weighted by molar-refractivity contribution is -0.126. The maximum Gasteiger partial charge on any atom is 0.249 e. The third-order valence-electron chi connectivity index (χ3n) is 3.11. The highest BCUT2D eigenvalue weighted by Gasteiger charge is 2.09. The summed E-state index contributed by atoms with van der Waals surface area (Å²) in [6.07, 6.45) is 4.68. The molecule has 0 spiro atoms. The molecule has 0 fully saturated rings. The van der Waals surface area contributed by atoms with E-state index < -0.39 is 11.8 Å². The van der Waals surface area contributed by atoms with Gasteiger partial charge in [-0.3, -0.25) is 9.59 Å². The van der Waals surface area contributed by atoms with E-state index in [-0.39, 0.29) is 6.42 Å². The number of nitrogens with one attached hydrogen (secondary N) is 2. The molecule has 2 aromatic rings. The third kappa shape index (κ3) is 6.70. The molecule has 0 saturated carbocycles. The predicted octanol–water partition coefficient (Wildman–Crippen LogP) is 2.84. The standard InChI is InChI=1S/C19H19N3O3/c1-25-17-11-5-10-16(13-17)21-18(23)14-19(24)22-20-12-6-9-15-7-3-2-4-8-15/h2-13H,14H2,1H3,(H,21,23)(H,22,24). The summed E-state index contributed by atoms with van der Waals surface area (Å²) in [5.74, 6) is -0.303. The minimum atomic E-state index is -0.496. The van der Waals surface area contributed by atoms with Crippen LogP contribution >= 0.6 is 0 Å². The van der Waals surface area contributed by atoms with E-state index in [1.54, 1.807) is 37.5 Å². The molecule has 2 N–H and O–H groups in total. The molecule has 0 heterocycles. The predicted molar refractivity (Wildman–Crippen MR) is 98.4 cm³/mol. The Bertz CT molecular complexity index is 770. The number of hydrogen-bond acceptors (Lipinski definition) is 4. The Labute approximate surface area is 146 Å². The van der Waals surface area contributed by atoms with E-state index >= 15 is 0 Å². The minimum absolute atomic E-state index is 0.322. The van der Waals surface area contributed by atoms with Gasteiger partial charge in [0.05, 0.1) is 7.11 Å². The first-order valence-corrected chi connectivity index (χ1v) is 7.65. The van der Waals surface area contributed by atoms with Gasteiger partial charge in [0, 0.05) is 18.0 Å². The number of amides is 2. The molecule has 6 nitrogen and oxygen atoms in total.